The van der Waals surface area contributed by atoms with Crippen LogP contribution in [0.2, 0.25) is 0 Å². The van der Waals surface area contributed by atoms with Crippen molar-refractivity contribution in [2.75, 3.05) is 24.2 Å². The first kappa shape index (κ1) is 23.2. The van der Waals surface area contributed by atoms with Gasteiger partial charge in [-0.3, -0.25) is 4.79 Å². The number of nitrogens with one attached hydrogen (secondary N) is 1. The van der Waals surface area contributed by atoms with Gasteiger partial charge in [-0.2, -0.15) is 17.5 Å². The molecule has 2 aromatic rings. The molecular weight excluding hydrogens is 425 g/mol. The molecule has 29 heavy (non-hydrogen) atoms. The van der Waals surface area contributed by atoms with E-state index in [-0.39, 0.29) is 10.6 Å². The Kier molecular flexibility index (Phi) is 7.73. The Labute approximate surface area is 172 Å². The van der Waals surface area contributed by atoms with E-state index in [1.807, 2.05) is 0 Å². The topological polar surface area (TPSA) is 66.5 Å². The summed E-state index contributed by atoms with van der Waals surface area (Å²) in [7, 11) is -3.66. The summed E-state index contributed by atoms with van der Waals surface area (Å²) in [6.07, 6.45) is -4.45. The summed E-state index contributed by atoms with van der Waals surface area (Å²) in [6, 6.07) is 10.6. The molecule has 5 nitrogen and oxygen atoms in total. The largest absolute Gasteiger partial charge is 0.416 e. The van der Waals surface area contributed by atoms with E-state index in [0.29, 0.717) is 23.7 Å². The van der Waals surface area contributed by atoms with E-state index in [0.717, 1.165) is 23.9 Å². The maximum Gasteiger partial charge on any atom is 0.416 e. The van der Waals surface area contributed by atoms with Crippen molar-refractivity contribution in [3.63, 3.8) is 0 Å². The third-order valence-corrected chi connectivity index (χ3v) is 7.03. The van der Waals surface area contributed by atoms with Crippen LogP contribution in [0.1, 0.15) is 19.4 Å². The zero-order chi connectivity index (χ0) is 21.7. The van der Waals surface area contributed by atoms with E-state index >= 15 is 0 Å². The highest BCUT2D eigenvalue weighted by Gasteiger charge is 2.30. The second kappa shape index (κ2) is 9.64. The molecule has 0 aliphatic carbocycles. The summed E-state index contributed by atoms with van der Waals surface area (Å²) in [5.74, 6) is -0.571. The number of benzene rings is 2. The summed E-state index contributed by atoms with van der Waals surface area (Å²) >= 11 is 0.961. The Morgan fingerprint density at radius 1 is 1.07 bits per heavy atom. The van der Waals surface area contributed by atoms with Crippen molar-refractivity contribution in [1.29, 1.82) is 0 Å². The number of halogens is 3. The maximum absolute atomic E-state index is 12.8. The van der Waals surface area contributed by atoms with Crippen molar-refractivity contribution in [1.82, 2.24) is 4.31 Å². The minimum Gasteiger partial charge on any atom is -0.325 e. The normalized spacial score (nSPS) is 12.2. The molecular formula is C19H21F3N2O3S2. The number of alkyl halides is 3. The van der Waals surface area contributed by atoms with Crippen LogP contribution in [0.15, 0.2) is 58.3 Å². The van der Waals surface area contributed by atoms with E-state index in [4.69, 9.17) is 0 Å². The smallest absolute Gasteiger partial charge is 0.325 e. The highest BCUT2D eigenvalue weighted by molar-refractivity contribution is 8.00. The molecule has 10 heteroatoms. The molecule has 0 fully saturated rings. The van der Waals surface area contributed by atoms with Crippen LogP contribution in [0.25, 0.3) is 0 Å². The molecule has 2 rings (SSSR count). The lowest BCUT2D eigenvalue weighted by atomic mass is 10.2. The van der Waals surface area contributed by atoms with Crippen molar-refractivity contribution in [3.8, 4) is 0 Å². The second-order valence-corrected chi connectivity index (χ2v) is 8.97. The fraction of sp³-hybridized carbons (Fsp3) is 0.316. The Hall–Kier alpha value is -2.04. The molecule has 0 aromatic heterocycles. The number of thioether (sulfide) groups is 1. The number of amides is 1. The van der Waals surface area contributed by atoms with Crippen LogP contribution in [0.3, 0.4) is 0 Å². The molecule has 2 aromatic carbocycles. The van der Waals surface area contributed by atoms with Gasteiger partial charge in [0.15, 0.2) is 0 Å². The number of hydrogen-bond donors (Lipinski definition) is 1. The zero-order valence-electron chi connectivity index (χ0n) is 15.9. The summed E-state index contributed by atoms with van der Waals surface area (Å²) in [6.45, 7) is 4.11. The molecule has 0 saturated carbocycles. The number of rotatable bonds is 8. The molecule has 158 valence electrons. The highest BCUT2D eigenvalue weighted by Crippen LogP contribution is 2.32. The molecule has 0 aliphatic heterocycles. The number of carbonyl (C=O) groups is 1. The molecule has 0 heterocycles. The SMILES string of the molecule is CCN(CC)S(=O)(=O)c1cccc(NC(=O)CSc2cccc(C(F)(F)F)c2)c1. The molecule has 0 spiro atoms. The Morgan fingerprint density at radius 3 is 2.34 bits per heavy atom. The van der Waals surface area contributed by atoms with Crippen molar-refractivity contribution in [3.05, 3.63) is 54.1 Å². The number of carbonyl (C=O) groups excluding carboxylic acids is 1. The minimum atomic E-state index is -4.45. The predicted molar refractivity (Wildman–Crippen MR) is 107 cm³/mol. The van der Waals surface area contributed by atoms with Gasteiger partial charge < -0.3 is 5.32 Å². The van der Waals surface area contributed by atoms with Crippen molar-refractivity contribution in [2.24, 2.45) is 0 Å². The Bertz CT molecular complexity index is 959. The van der Waals surface area contributed by atoms with Gasteiger partial charge in [0.25, 0.3) is 0 Å². The lowest BCUT2D eigenvalue weighted by Gasteiger charge is -2.18. The molecule has 0 unspecified atom stereocenters. The van der Waals surface area contributed by atoms with E-state index in [1.54, 1.807) is 19.9 Å². The Balaban J connectivity index is 2.05. The molecule has 0 saturated heterocycles. The average Bonchev–Trinajstić information content (AvgIpc) is 2.67. The van der Waals surface area contributed by atoms with Crippen molar-refractivity contribution >= 4 is 33.4 Å². The van der Waals surface area contributed by atoms with Crippen LogP contribution in [0, 0.1) is 0 Å². The van der Waals surface area contributed by atoms with E-state index < -0.39 is 27.7 Å². The summed E-state index contributed by atoms with van der Waals surface area (Å²) < 4.78 is 64.7. The predicted octanol–water partition coefficient (Wildman–Crippen LogP) is 4.47. The van der Waals surface area contributed by atoms with Crippen molar-refractivity contribution in [2.45, 2.75) is 29.8 Å². The van der Waals surface area contributed by atoms with Crippen LogP contribution in [0.5, 0.6) is 0 Å². The van der Waals surface area contributed by atoms with Crippen LogP contribution >= 0.6 is 11.8 Å². The van der Waals surface area contributed by atoms with Gasteiger partial charge >= 0.3 is 6.18 Å². The number of nitrogens with zero attached hydrogens (tertiary/aromatic N) is 1. The fourth-order valence-corrected chi connectivity index (χ4v) is 4.81. The van der Waals surface area contributed by atoms with Gasteiger partial charge in [-0.25, -0.2) is 8.42 Å². The standard InChI is InChI=1S/C19H21F3N2O3S2/c1-3-24(4-2)29(26,27)17-10-6-8-15(12-17)23-18(25)13-28-16-9-5-7-14(11-16)19(20,21)22/h5-12H,3-4,13H2,1-2H3,(H,23,25). The summed E-state index contributed by atoms with van der Waals surface area (Å²) in [5.41, 5.74) is -0.481. The third kappa shape index (κ3) is 6.22. The number of anilines is 1. The maximum atomic E-state index is 12.8. The highest BCUT2D eigenvalue weighted by atomic mass is 32.2. The molecule has 0 bridgehead atoms. The first-order valence-corrected chi connectivity index (χ1v) is 11.2. The Morgan fingerprint density at radius 2 is 1.72 bits per heavy atom. The first-order valence-electron chi connectivity index (χ1n) is 8.78. The summed E-state index contributed by atoms with van der Waals surface area (Å²) in [5, 5.41) is 2.58. The van der Waals surface area contributed by atoms with Gasteiger partial charge in [-0.1, -0.05) is 26.0 Å². The minimum absolute atomic E-state index is 0.0598. The monoisotopic (exact) mass is 446 g/mol. The van der Waals surface area contributed by atoms with Crippen LogP contribution in [0.4, 0.5) is 18.9 Å². The van der Waals surface area contributed by atoms with E-state index in [9.17, 15) is 26.4 Å². The van der Waals surface area contributed by atoms with Gasteiger partial charge in [-0.05, 0) is 36.4 Å². The van der Waals surface area contributed by atoms with Gasteiger partial charge in [0, 0.05) is 23.7 Å². The quantitative estimate of drug-likeness (QED) is 0.608. The fourth-order valence-electron chi connectivity index (χ4n) is 2.56. The molecule has 0 atom stereocenters. The molecule has 0 radical (unpaired) electrons. The number of hydrogen-bond acceptors (Lipinski definition) is 4. The van der Waals surface area contributed by atoms with Gasteiger partial charge in [0.2, 0.25) is 15.9 Å². The van der Waals surface area contributed by atoms with Crippen molar-refractivity contribution < 1.29 is 26.4 Å². The van der Waals surface area contributed by atoms with E-state index in [1.165, 1.54) is 34.6 Å². The lowest BCUT2D eigenvalue weighted by molar-refractivity contribution is -0.137. The molecule has 0 aliphatic rings. The van der Waals surface area contributed by atoms with Crippen LogP contribution in [-0.4, -0.2) is 37.5 Å². The average molecular weight is 447 g/mol. The number of sulfonamides is 1. The lowest BCUT2D eigenvalue weighted by Crippen LogP contribution is -2.30. The molecule has 1 N–H and O–H groups in total. The zero-order valence-corrected chi connectivity index (χ0v) is 17.5. The molecule has 1 amide bonds. The van der Waals surface area contributed by atoms with Crippen LogP contribution < -0.4 is 5.32 Å². The first-order chi connectivity index (χ1) is 13.6. The van der Waals surface area contributed by atoms with Gasteiger partial charge in [0.1, 0.15) is 0 Å². The third-order valence-electron chi connectivity index (χ3n) is 3.99. The van der Waals surface area contributed by atoms with E-state index in [2.05, 4.69) is 5.32 Å². The summed E-state index contributed by atoms with van der Waals surface area (Å²) in [4.78, 5) is 12.5. The second-order valence-electron chi connectivity index (χ2n) is 5.98. The van der Waals surface area contributed by atoms with Gasteiger partial charge in [-0.15, -0.1) is 11.8 Å². The van der Waals surface area contributed by atoms with Gasteiger partial charge in [0.05, 0.1) is 16.2 Å². The van der Waals surface area contributed by atoms with Crippen LogP contribution in [-0.2, 0) is 21.0 Å².